The molecule has 0 saturated heterocycles. The van der Waals surface area contributed by atoms with Gasteiger partial charge in [-0.2, -0.15) is 0 Å². The topological polar surface area (TPSA) is 63.6 Å². The number of carbonyl (C=O) groups is 2. The fraction of sp³-hybridized carbons (Fsp3) is 0.364. The summed E-state index contributed by atoms with van der Waals surface area (Å²) in [5, 5.41) is 9.00. The van der Waals surface area contributed by atoms with Gasteiger partial charge in [0.15, 0.2) is 0 Å². The maximum absolute atomic E-state index is 12.6. The number of benzene rings is 2. The van der Waals surface area contributed by atoms with E-state index in [9.17, 15) is 9.59 Å². The van der Waals surface area contributed by atoms with Crippen LogP contribution in [0.4, 0.5) is 0 Å². The van der Waals surface area contributed by atoms with E-state index in [1.54, 1.807) is 30.3 Å². The van der Waals surface area contributed by atoms with Crippen molar-refractivity contribution in [3.63, 3.8) is 0 Å². The van der Waals surface area contributed by atoms with E-state index in [0.717, 1.165) is 11.1 Å². The number of hydrogen-bond acceptors (Lipinski definition) is 3. The predicted octanol–water partition coefficient (Wildman–Crippen LogP) is 4.82. The Morgan fingerprint density at radius 3 is 2.04 bits per heavy atom. The van der Waals surface area contributed by atoms with Crippen LogP contribution in [0.5, 0.6) is 0 Å². The lowest BCUT2D eigenvalue weighted by Gasteiger charge is -2.26. The van der Waals surface area contributed by atoms with Crippen LogP contribution in [0, 0.1) is 0 Å². The summed E-state index contributed by atoms with van der Waals surface area (Å²) in [6, 6.07) is 14.2. The van der Waals surface area contributed by atoms with E-state index < -0.39 is 11.4 Å². The number of rotatable bonds is 5. The minimum atomic E-state index is -0.959. The molecular formula is C22H26O4. The summed E-state index contributed by atoms with van der Waals surface area (Å²) >= 11 is 0. The molecular weight excluding hydrogens is 328 g/mol. The van der Waals surface area contributed by atoms with Crippen molar-refractivity contribution < 1.29 is 19.4 Å². The average molecular weight is 354 g/mol. The summed E-state index contributed by atoms with van der Waals surface area (Å²) in [5.41, 5.74) is 2.10. The first-order valence-corrected chi connectivity index (χ1v) is 8.63. The fourth-order valence-corrected chi connectivity index (χ4v) is 2.79. The predicted molar refractivity (Wildman–Crippen MR) is 102 cm³/mol. The third-order valence-corrected chi connectivity index (χ3v) is 4.43. The van der Waals surface area contributed by atoms with Crippen molar-refractivity contribution in [1.29, 1.82) is 0 Å². The van der Waals surface area contributed by atoms with Crippen molar-refractivity contribution in [2.75, 3.05) is 6.61 Å². The molecule has 138 valence electrons. The Morgan fingerprint density at radius 1 is 0.923 bits per heavy atom. The molecule has 0 spiro atoms. The molecule has 2 aromatic carbocycles. The zero-order valence-electron chi connectivity index (χ0n) is 16.0. The Balaban J connectivity index is 2.15. The van der Waals surface area contributed by atoms with Gasteiger partial charge in [0.05, 0.1) is 11.1 Å². The second-order valence-electron chi connectivity index (χ2n) is 8.14. The average Bonchev–Trinajstić information content (AvgIpc) is 2.59. The monoisotopic (exact) mass is 354 g/mol. The number of esters is 1. The molecule has 2 rings (SSSR count). The lowest BCUT2D eigenvalue weighted by molar-refractivity contribution is 0.0424. The van der Waals surface area contributed by atoms with Crippen molar-refractivity contribution in [1.82, 2.24) is 0 Å². The van der Waals surface area contributed by atoms with Crippen LogP contribution in [0.25, 0.3) is 0 Å². The number of hydrogen-bond donors (Lipinski definition) is 1. The summed E-state index contributed by atoms with van der Waals surface area (Å²) in [4.78, 5) is 23.6. The normalized spacial score (nSPS) is 11.9. The minimum Gasteiger partial charge on any atom is -0.478 e. The largest absolute Gasteiger partial charge is 0.478 e. The minimum absolute atomic E-state index is 0.155. The van der Waals surface area contributed by atoms with E-state index in [0.29, 0.717) is 5.56 Å². The van der Waals surface area contributed by atoms with Crippen LogP contribution in [0.2, 0.25) is 0 Å². The Bertz CT molecular complexity index is 796. The Kier molecular flexibility index (Phi) is 5.55. The molecule has 4 heteroatoms. The van der Waals surface area contributed by atoms with Gasteiger partial charge in [0.1, 0.15) is 6.61 Å². The van der Waals surface area contributed by atoms with Gasteiger partial charge in [0.2, 0.25) is 0 Å². The van der Waals surface area contributed by atoms with Crippen molar-refractivity contribution in [2.24, 2.45) is 0 Å². The highest BCUT2D eigenvalue weighted by atomic mass is 16.5. The van der Waals surface area contributed by atoms with Gasteiger partial charge >= 0.3 is 11.9 Å². The zero-order chi connectivity index (χ0) is 19.5. The molecule has 0 heterocycles. The lowest BCUT2D eigenvalue weighted by atomic mass is 9.83. The molecule has 0 aliphatic carbocycles. The van der Waals surface area contributed by atoms with Crippen LogP contribution in [-0.2, 0) is 15.6 Å². The molecule has 0 aliphatic rings. The van der Waals surface area contributed by atoms with Crippen molar-refractivity contribution >= 4 is 11.9 Å². The molecule has 0 saturated carbocycles. The molecule has 0 atom stereocenters. The first-order valence-electron chi connectivity index (χ1n) is 8.63. The molecule has 1 N–H and O–H groups in total. The van der Waals surface area contributed by atoms with Gasteiger partial charge in [-0.15, -0.1) is 0 Å². The highest BCUT2D eigenvalue weighted by Crippen LogP contribution is 2.28. The maximum Gasteiger partial charge on any atom is 0.338 e. The maximum atomic E-state index is 12.6. The molecule has 0 radical (unpaired) electrons. The molecule has 4 nitrogen and oxygen atoms in total. The van der Waals surface area contributed by atoms with Crippen LogP contribution in [0.1, 0.15) is 66.5 Å². The number of carbonyl (C=O) groups excluding carboxylic acids is 1. The summed E-state index contributed by atoms with van der Waals surface area (Å²) in [7, 11) is 0. The molecule has 0 unspecified atom stereocenters. The van der Waals surface area contributed by atoms with Gasteiger partial charge in [0, 0.05) is 5.41 Å². The van der Waals surface area contributed by atoms with Crippen LogP contribution >= 0.6 is 0 Å². The van der Waals surface area contributed by atoms with Crippen molar-refractivity contribution in [3.05, 3.63) is 70.8 Å². The van der Waals surface area contributed by atoms with E-state index in [1.165, 1.54) is 0 Å². The molecule has 0 fully saturated rings. The van der Waals surface area contributed by atoms with Gasteiger partial charge in [-0.05, 0) is 34.7 Å². The summed E-state index contributed by atoms with van der Waals surface area (Å²) < 4.78 is 5.61. The highest BCUT2D eigenvalue weighted by molar-refractivity contribution is 5.91. The SMILES string of the molecule is CC(C)(C)c1ccccc1C(=O)OCC(C)(C)c1ccc(C(=O)O)cc1. The summed E-state index contributed by atoms with van der Waals surface area (Å²) in [6.07, 6.45) is 0. The fourth-order valence-electron chi connectivity index (χ4n) is 2.79. The molecule has 0 bridgehead atoms. The quantitative estimate of drug-likeness (QED) is 0.782. The van der Waals surface area contributed by atoms with Crippen LogP contribution in [0.3, 0.4) is 0 Å². The van der Waals surface area contributed by atoms with Crippen LogP contribution in [0.15, 0.2) is 48.5 Å². The van der Waals surface area contributed by atoms with E-state index in [2.05, 4.69) is 20.8 Å². The van der Waals surface area contributed by atoms with E-state index in [-0.39, 0.29) is 23.6 Å². The zero-order valence-corrected chi connectivity index (χ0v) is 16.0. The number of ether oxygens (including phenoxy) is 1. The molecule has 2 aromatic rings. The van der Waals surface area contributed by atoms with Gasteiger partial charge in [-0.25, -0.2) is 9.59 Å². The highest BCUT2D eigenvalue weighted by Gasteiger charge is 2.26. The summed E-state index contributed by atoms with van der Waals surface area (Å²) in [5.74, 6) is -1.30. The molecule has 0 aromatic heterocycles. The molecule has 0 aliphatic heterocycles. The van der Waals surface area contributed by atoms with E-state index in [4.69, 9.17) is 9.84 Å². The van der Waals surface area contributed by atoms with Crippen LogP contribution in [-0.4, -0.2) is 23.7 Å². The van der Waals surface area contributed by atoms with Gasteiger partial charge in [0.25, 0.3) is 0 Å². The third-order valence-electron chi connectivity index (χ3n) is 4.43. The van der Waals surface area contributed by atoms with Crippen molar-refractivity contribution in [2.45, 2.75) is 45.4 Å². The Labute approximate surface area is 154 Å². The third kappa shape index (κ3) is 4.51. The van der Waals surface area contributed by atoms with Crippen LogP contribution < -0.4 is 0 Å². The van der Waals surface area contributed by atoms with Crippen molar-refractivity contribution in [3.8, 4) is 0 Å². The Hall–Kier alpha value is -2.62. The Morgan fingerprint density at radius 2 is 1.50 bits per heavy atom. The number of carboxylic acid groups (broad SMARTS) is 1. The molecule has 0 amide bonds. The van der Waals surface area contributed by atoms with E-state index >= 15 is 0 Å². The van der Waals surface area contributed by atoms with Gasteiger partial charge in [-0.1, -0.05) is 65.0 Å². The van der Waals surface area contributed by atoms with Gasteiger partial charge < -0.3 is 9.84 Å². The summed E-state index contributed by atoms with van der Waals surface area (Å²) in [6.45, 7) is 10.3. The second kappa shape index (κ2) is 7.32. The number of carboxylic acids is 1. The first kappa shape index (κ1) is 19.7. The van der Waals surface area contributed by atoms with Gasteiger partial charge in [-0.3, -0.25) is 0 Å². The smallest absolute Gasteiger partial charge is 0.338 e. The first-order chi connectivity index (χ1) is 12.0. The lowest BCUT2D eigenvalue weighted by Crippen LogP contribution is -2.27. The standard InChI is InChI=1S/C22H26O4/c1-21(2,3)18-9-7-6-8-17(18)20(25)26-14-22(4,5)16-12-10-15(11-13-16)19(23)24/h6-13H,14H2,1-5H3,(H,23,24). The second-order valence-corrected chi connectivity index (χ2v) is 8.14. The number of aromatic carboxylic acids is 1. The van der Waals surface area contributed by atoms with E-state index in [1.807, 2.05) is 32.0 Å². The molecule has 26 heavy (non-hydrogen) atoms.